The SMILES string of the molecule is C=[N+]([O-])NC1C(C)C2CC1C1CCCC21. The van der Waals surface area contributed by atoms with Crippen LogP contribution in [0.1, 0.15) is 32.6 Å². The molecule has 3 aliphatic rings. The summed E-state index contributed by atoms with van der Waals surface area (Å²) in [6, 6.07) is 0.393. The highest BCUT2D eigenvalue weighted by Gasteiger charge is 2.58. The van der Waals surface area contributed by atoms with Gasteiger partial charge in [0, 0.05) is 0 Å². The average Bonchev–Trinajstić information content (AvgIpc) is 2.77. The summed E-state index contributed by atoms with van der Waals surface area (Å²) in [7, 11) is 0. The zero-order valence-corrected chi connectivity index (χ0v) is 9.36. The van der Waals surface area contributed by atoms with E-state index in [0.29, 0.717) is 16.8 Å². The molecule has 3 aliphatic carbocycles. The Morgan fingerprint density at radius 2 is 1.87 bits per heavy atom. The molecule has 0 spiro atoms. The number of hydrogen-bond donors (Lipinski definition) is 1. The zero-order valence-electron chi connectivity index (χ0n) is 9.36. The number of hydrazone groups is 1. The van der Waals surface area contributed by atoms with Crippen LogP contribution in [0.4, 0.5) is 0 Å². The predicted molar refractivity (Wildman–Crippen MR) is 59.3 cm³/mol. The van der Waals surface area contributed by atoms with Crippen molar-refractivity contribution in [3.05, 3.63) is 5.21 Å². The maximum atomic E-state index is 11.0. The zero-order chi connectivity index (χ0) is 10.6. The van der Waals surface area contributed by atoms with Crippen LogP contribution in [0.2, 0.25) is 0 Å². The van der Waals surface area contributed by atoms with Crippen molar-refractivity contribution >= 4 is 6.72 Å². The molecule has 0 aliphatic heterocycles. The Morgan fingerprint density at radius 1 is 1.20 bits per heavy atom. The van der Waals surface area contributed by atoms with Gasteiger partial charge in [-0.25, -0.2) is 0 Å². The molecule has 6 unspecified atom stereocenters. The number of fused-ring (bicyclic) bond motifs is 5. The predicted octanol–water partition coefficient (Wildman–Crippen LogP) is 1.77. The maximum absolute atomic E-state index is 11.0. The molecule has 3 rings (SSSR count). The summed E-state index contributed by atoms with van der Waals surface area (Å²) in [5.41, 5.74) is 3.00. The summed E-state index contributed by atoms with van der Waals surface area (Å²) in [5, 5.41) is 11.0. The molecule has 0 aromatic heterocycles. The second-order valence-corrected chi connectivity index (χ2v) is 5.71. The second kappa shape index (κ2) is 3.13. The lowest BCUT2D eigenvalue weighted by Gasteiger charge is -2.35. The molecule has 84 valence electrons. The fraction of sp³-hybridized carbons (Fsp3) is 0.917. The van der Waals surface area contributed by atoms with E-state index in [4.69, 9.17) is 0 Å². The minimum Gasteiger partial charge on any atom is -0.597 e. The van der Waals surface area contributed by atoms with Crippen molar-refractivity contribution in [3.8, 4) is 0 Å². The first kappa shape index (κ1) is 9.49. The van der Waals surface area contributed by atoms with Crippen LogP contribution in [0.3, 0.4) is 0 Å². The molecule has 6 atom stereocenters. The van der Waals surface area contributed by atoms with Crippen LogP contribution < -0.4 is 5.43 Å². The van der Waals surface area contributed by atoms with Crippen LogP contribution in [0.25, 0.3) is 0 Å². The highest BCUT2D eigenvalue weighted by atomic mass is 16.5. The highest BCUT2D eigenvalue weighted by Crippen LogP contribution is 2.60. The Bertz CT molecular complexity index is 291. The lowest BCUT2D eigenvalue weighted by Crippen LogP contribution is -2.47. The quantitative estimate of drug-likeness (QED) is 0.325. The molecular formula is C12H20N2O. The van der Waals surface area contributed by atoms with Crippen molar-refractivity contribution in [3.63, 3.8) is 0 Å². The van der Waals surface area contributed by atoms with E-state index in [0.717, 1.165) is 23.7 Å². The van der Waals surface area contributed by atoms with Crippen LogP contribution in [-0.2, 0) is 0 Å². The smallest absolute Gasteiger partial charge is 0.171 e. The Morgan fingerprint density at radius 3 is 2.53 bits per heavy atom. The van der Waals surface area contributed by atoms with Crippen LogP contribution >= 0.6 is 0 Å². The Labute approximate surface area is 91.1 Å². The second-order valence-electron chi connectivity index (χ2n) is 5.71. The largest absolute Gasteiger partial charge is 0.597 e. The molecule has 0 aromatic rings. The molecule has 0 saturated heterocycles. The summed E-state index contributed by atoms with van der Waals surface area (Å²) >= 11 is 0. The molecule has 0 amide bonds. The standard InChI is InChI=1S/C12H20N2O/c1-7-10-6-11(12(7)13-14(2)15)9-5-3-4-8(9)10/h7-13H,2-6H2,1H3. The van der Waals surface area contributed by atoms with E-state index >= 15 is 0 Å². The molecular weight excluding hydrogens is 188 g/mol. The van der Waals surface area contributed by atoms with Gasteiger partial charge in [0.1, 0.15) is 0 Å². The number of rotatable bonds is 2. The number of hydrazine groups is 1. The normalized spacial score (nSPS) is 51.8. The van der Waals surface area contributed by atoms with Crippen molar-refractivity contribution in [2.45, 2.75) is 38.6 Å². The van der Waals surface area contributed by atoms with Crippen molar-refractivity contribution < 1.29 is 4.85 Å². The van der Waals surface area contributed by atoms with Gasteiger partial charge in [0.15, 0.2) is 6.72 Å². The van der Waals surface area contributed by atoms with Gasteiger partial charge in [-0.05, 0) is 48.9 Å². The van der Waals surface area contributed by atoms with Gasteiger partial charge in [-0.15, -0.1) is 0 Å². The van der Waals surface area contributed by atoms with Gasteiger partial charge in [0.05, 0.1) is 6.04 Å². The lowest BCUT2D eigenvalue weighted by molar-refractivity contribution is -0.526. The number of nitrogens with zero attached hydrogens (tertiary/aromatic N) is 1. The minimum absolute atomic E-state index is 0.393. The molecule has 0 radical (unpaired) electrons. The summed E-state index contributed by atoms with van der Waals surface area (Å²) in [6.45, 7) is 5.68. The van der Waals surface area contributed by atoms with E-state index in [-0.39, 0.29) is 0 Å². The van der Waals surface area contributed by atoms with Crippen LogP contribution in [-0.4, -0.2) is 17.6 Å². The highest BCUT2D eigenvalue weighted by molar-refractivity contribution is 5.14. The van der Waals surface area contributed by atoms with E-state index in [1.807, 2.05) is 0 Å². The van der Waals surface area contributed by atoms with Gasteiger partial charge < -0.3 is 5.21 Å². The first-order valence-corrected chi connectivity index (χ1v) is 6.22. The molecule has 3 fully saturated rings. The van der Waals surface area contributed by atoms with Crippen molar-refractivity contribution in [2.24, 2.45) is 29.6 Å². The van der Waals surface area contributed by atoms with Gasteiger partial charge in [-0.3, -0.25) is 0 Å². The van der Waals surface area contributed by atoms with E-state index in [1.54, 1.807) is 0 Å². The van der Waals surface area contributed by atoms with Crippen molar-refractivity contribution in [1.82, 2.24) is 5.43 Å². The molecule has 3 saturated carbocycles. The summed E-state index contributed by atoms with van der Waals surface area (Å²) in [6.07, 6.45) is 5.59. The maximum Gasteiger partial charge on any atom is 0.171 e. The topological polar surface area (TPSA) is 38.1 Å². The third-order valence-electron chi connectivity index (χ3n) is 5.27. The summed E-state index contributed by atoms with van der Waals surface area (Å²) in [5.74, 6) is 4.17. The first-order valence-electron chi connectivity index (χ1n) is 6.22. The lowest BCUT2D eigenvalue weighted by atomic mass is 9.74. The molecule has 3 nitrogen and oxygen atoms in total. The monoisotopic (exact) mass is 208 g/mol. The Balaban J connectivity index is 1.80. The number of nitrogens with one attached hydrogen (secondary N) is 1. The molecule has 2 bridgehead atoms. The Kier molecular flexibility index (Phi) is 1.98. The first-order chi connectivity index (χ1) is 7.18. The minimum atomic E-state index is 0.393. The average molecular weight is 208 g/mol. The Hall–Kier alpha value is -0.730. The fourth-order valence-corrected chi connectivity index (χ4v) is 4.80. The summed E-state index contributed by atoms with van der Waals surface area (Å²) in [4.78, 5) is 0.659. The van der Waals surface area contributed by atoms with Crippen LogP contribution in [0.15, 0.2) is 0 Å². The van der Waals surface area contributed by atoms with Crippen LogP contribution in [0.5, 0.6) is 0 Å². The molecule has 1 N–H and O–H groups in total. The third-order valence-corrected chi connectivity index (χ3v) is 5.27. The fourth-order valence-electron chi connectivity index (χ4n) is 4.80. The molecule has 3 heteroatoms. The van der Waals surface area contributed by atoms with Gasteiger partial charge >= 0.3 is 0 Å². The van der Waals surface area contributed by atoms with Crippen molar-refractivity contribution in [2.75, 3.05) is 0 Å². The third kappa shape index (κ3) is 1.21. The summed E-state index contributed by atoms with van der Waals surface area (Å²) < 4.78 is 0. The molecule has 0 aromatic carbocycles. The van der Waals surface area contributed by atoms with Gasteiger partial charge in [-0.1, -0.05) is 18.2 Å². The van der Waals surface area contributed by atoms with E-state index < -0.39 is 0 Å². The van der Waals surface area contributed by atoms with Gasteiger partial charge in [0.25, 0.3) is 0 Å². The van der Waals surface area contributed by atoms with Crippen LogP contribution in [0, 0.1) is 34.8 Å². The van der Waals surface area contributed by atoms with Crippen molar-refractivity contribution in [1.29, 1.82) is 0 Å². The molecule has 15 heavy (non-hydrogen) atoms. The van der Waals surface area contributed by atoms with Gasteiger partial charge in [-0.2, -0.15) is 5.43 Å². The number of hydrogen-bond acceptors (Lipinski definition) is 2. The van der Waals surface area contributed by atoms with E-state index in [9.17, 15) is 5.21 Å². The molecule has 0 heterocycles. The van der Waals surface area contributed by atoms with E-state index in [2.05, 4.69) is 19.1 Å². The van der Waals surface area contributed by atoms with Gasteiger partial charge in [0.2, 0.25) is 0 Å². The van der Waals surface area contributed by atoms with E-state index in [1.165, 1.54) is 25.7 Å².